The number of carbonyl (C=O) groups is 2. The van der Waals surface area contributed by atoms with Crippen LogP contribution in [-0.2, 0) is 14.3 Å². The molecule has 1 fully saturated rings. The second kappa shape index (κ2) is 7.48. The molecule has 0 unspecified atom stereocenters. The Morgan fingerprint density at radius 2 is 1.84 bits per heavy atom. The minimum absolute atomic E-state index is 0.0561. The zero-order valence-corrected chi connectivity index (χ0v) is 12.1. The molecule has 1 aliphatic carbocycles. The van der Waals surface area contributed by atoms with E-state index in [1.165, 1.54) is 0 Å². The van der Waals surface area contributed by atoms with Crippen LogP contribution >= 0.6 is 0 Å². The fourth-order valence-corrected chi connectivity index (χ4v) is 2.54. The van der Waals surface area contributed by atoms with Crippen molar-refractivity contribution in [2.45, 2.75) is 45.6 Å². The van der Waals surface area contributed by atoms with E-state index < -0.39 is 11.9 Å². The fraction of sp³-hybridized carbons (Fsp3) is 0.857. The standard InChI is InChI=1S/C14H25NO4/c1-10(2)19-9-8-15(3)13(16)11-6-4-5-7-12(11)14(17)18/h10-12H,4-9H2,1-3H3,(H,17,18)/t11-,12+/m1/s1. The molecule has 0 spiro atoms. The summed E-state index contributed by atoms with van der Waals surface area (Å²) in [6, 6.07) is 0. The molecule has 1 aliphatic rings. The zero-order chi connectivity index (χ0) is 14.4. The molecule has 0 heterocycles. The largest absolute Gasteiger partial charge is 0.481 e. The quantitative estimate of drug-likeness (QED) is 0.799. The smallest absolute Gasteiger partial charge is 0.307 e. The Hall–Kier alpha value is -1.10. The van der Waals surface area contributed by atoms with Gasteiger partial charge in [0.15, 0.2) is 0 Å². The molecule has 0 aliphatic heterocycles. The minimum atomic E-state index is -0.843. The fourth-order valence-electron chi connectivity index (χ4n) is 2.54. The van der Waals surface area contributed by atoms with Gasteiger partial charge in [-0.05, 0) is 26.7 Å². The number of nitrogens with zero attached hydrogens (tertiary/aromatic N) is 1. The third-order valence-corrected chi connectivity index (χ3v) is 3.65. The second-order valence-corrected chi connectivity index (χ2v) is 5.52. The lowest BCUT2D eigenvalue weighted by molar-refractivity contribution is -0.152. The Morgan fingerprint density at radius 1 is 1.26 bits per heavy atom. The summed E-state index contributed by atoms with van der Waals surface area (Å²) in [5.74, 6) is -1.78. The first-order chi connectivity index (χ1) is 8.93. The summed E-state index contributed by atoms with van der Waals surface area (Å²) in [6.07, 6.45) is 3.29. The second-order valence-electron chi connectivity index (χ2n) is 5.52. The number of carbonyl (C=O) groups excluding carboxylic acids is 1. The molecule has 0 aromatic heterocycles. The van der Waals surface area contributed by atoms with Crippen LogP contribution in [0.5, 0.6) is 0 Å². The molecule has 0 aromatic carbocycles. The Bertz CT molecular complexity index is 317. The first kappa shape index (κ1) is 16.0. The average Bonchev–Trinajstić information content (AvgIpc) is 2.37. The predicted octanol–water partition coefficient (Wildman–Crippen LogP) is 1.76. The molecule has 0 radical (unpaired) electrons. The third kappa shape index (κ3) is 4.82. The van der Waals surface area contributed by atoms with Gasteiger partial charge < -0.3 is 14.7 Å². The van der Waals surface area contributed by atoms with Gasteiger partial charge in [0, 0.05) is 13.6 Å². The number of rotatable bonds is 6. The van der Waals surface area contributed by atoms with Crippen molar-refractivity contribution in [3.05, 3.63) is 0 Å². The SMILES string of the molecule is CC(C)OCCN(C)C(=O)[C@@H]1CCCC[C@@H]1C(=O)O. The number of aliphatic carboxylic acids is 1. The van der Waals surface area contributed by atoms with Gasteiger partial charge in [0.25, 0.3) is 0 Å². The maximum Gasteiger partial charge on any atom is 0.307 e. The van der Waals surface area contributed by atoms with Gasteiger partial charge in [-0.3, -0.25) is 9.59 Å². The van der Waals surface area contributed by atoms with Crippen LogP contribution in [0.1, 0.15) is 39.5 Å². The number of hydrogen-bond acceptors (Lipinski definition) is 3. The van der Waals surface area contributed by atoms with Crippen molar-refractivity contribution in [1.82, 2.24) is 4.90 Å². The number of hydrogen-bond donors (Lipinski definition) is 1. The molecule has 0 bridgehead atoms. The van der Waals surface area contributed by atoms with E-state index in [-0.39, 0.29) is 17.9 Å². The molecule has 1 saturated carbocycles. The highest BCUT2D eigenvalue weighted by molar-refractivity contribution is 5.84. The molecule has 1 rings (SSSR count). The lowest BCUT2D eigenvalue weighted by Crippen LogP contribution is -2.42. The van der Waals surface area contributed by atoms with E-state index in [0.29, 0.717) is 26.0 Å². The van der Waals surface area contributed by atoms with Crippen LogP contribution in [0, 0.1) is 11.8 Å². The molecule has 19 heavy (non-hydrogen) atoms. The number of likely N-dealkylation sites (N-methyl/N-ethyl adjacent to an activating group) is 1. The van der Waals surface area contributed by atoms with Crippen molar-refractivity contribution in [1.29, 1.82) is 0 Å². The number of carboxylic acid groups (broad SMARTS) is 1. The number of amides is 1. The first-order valence-corrected chi connectivity index (χ1v) is 7.03. The van der Waals surface area contributed by atoms with E-state index in [9.17, 15) is 14.7 Å². The van der Waals surface area contributed by atoms with Crippen LogP contribution < -0.4 is 0 Å². The van der Waals surface area contributed by atoms with Crippen molar-refractivity contribution in [3.63, 3.8) is 0 Å². The number of ether oxygens (including phenoxy) is 1. The molecule has 110 valence electrons. The highest BCUT2D eigenvalue weighted by atomic mass is 16.5. The molecule has 0 aromatic rings. The predicted molar refractivity (Wildman–Crippen MR) is 71.8 cm³/mol. The lowest BCUT2D eigenvalue weighted by atomic mass is 9.78. The molecular formula is C14H25NO4. The molecular weight excluding hydrogens is 246 g/mol. The van der Waals surface area contributed by atoms with Gasteiger partial charge in [0.1, 0.15) is 0 Å². The van der Waals surface area contributed by atoms with E-state index in [4.69, 9.17) is 4.74 Å². The van der Waals surface area contributed by atoms with Crippen LogP contribution in [0.2, 0.25) is 0 Å². The molecule has 5 nitrogen and oxygen atoms in total. The van der Waals surface area contributed by atoms with Gasteiger partial charge >= 0.3 is 5.97 Å². The van der Waals surface area contributed by atoms with Gasteiger partial charge in [0.2, 0.25) is 5.91 Å². The van der Waals surface area contributed by atoms with Crippen LogP contribution in [0.3, 0.4) is 0 Å². The van der Waals surface area contributed by atoms with Crippen LogP contribution in [0.25, 0.3) is 0 Å². The van der Waals surface area contributed by atoms with Crippen LogP contribution in [0.4, 0.5) is 0 Å². The highest BCUT2D eigenvalue weighted by Gasteiger charge is 2.36. The van der Waals surface area contributed by atoms with Crippen LogP contribution in [-0.4, -0.2) is 48.2 Å². The monoisotopic (exact) mass is 271 g/mol. The van der Waals surface area contributed by atoms with E-state index in [1.54, 1.807) is 11.9 Å². The highest BCUT2D eigenvalue weighted by Crippen LogP contribution is 2.31. The Kier molecular flexibility index (Phi) is 6.28. The summed E-state index contributed by atoms with van der Waals surface area (Å²) >= 11 is 0. The van der Waals surface area contributed by atoms with Gasteiger partial charge in [-0.15, -0.1) is 0 Å². The number of carboxylic acids is 1. The molecule has 0 saturated heterocycles. The van der Waals surface area contributed by atoms with Gasteiger partial charge in [-0.25, -0.2) is 0 Å². The Morgan fingerprint density at radius 3 is 2.37 bits per heavy atom. The summed E-state index contributed by atoms with van der Waals surface area (Å²) in [6.45, 7) is 4.90. The molecule has 2 atom stereocenters. The Labute approximate surface area is 114 Å². The molecule has 5 heteroatoms. The summed E-state index contributed by atoms with van der Waals surface area (Å²) in [5.41, 5.74) is 0. The normalized spacial score (nSPS) is 23.4. The van der Waals surface area contributed by atoms with Gasteiger partial charge in [-0.2, -0.15) is 0 Å². The summed E-state index contributed by atoms with van der Waals surface area (Å²) in [7, 11) is 1.72. The van der Waals surface area contributed by atoms with Crippen molar-refractivity contribution in [2.24, 2.45) is 11.8 Å². The third-order valence-electron chi connectivity index (χ3n) is 3.65. The summed E-state index contributed by atoms with van der Waals surface area (Å²) in [5, 5.41) is 9.19. The summed E-state index contributed by atoms with van der Waals surface area (Å²) < 4.78 is 5.41. The van der Waals surface area contributed by atoms with E-state index >= 15 is 0 Å². The maximum absolute atomic E-state index is 12.3. The van der Waals surface area contributed by atoms with Crippen LogP contribution in [0.15, 0.2) is 0 Å². The topological polar surface area (TPSA) is 66.8 Å². The van der Waals surface area contributed by atoms with Gasteiger partial charge in [-0.1, -0.05) is 12.8 Å². The van der Waals surface area contributed by atoms with E-state index in [0.717, 1.165) is 12.8 Å². The summed E-state index contributed by atoms with van der Waals surface area (Å²) in [4.78, 5) is 25.1. The lowest BCUT2D eigenvalue weighted by Gasteiger charge is -2.31. The van der Waals surface area contributed by atoms with Crippen molar-refractivity contribution < 1.29 is 19.4 Å². The Balaban J connectivity index is 2.51. The van der Waals surface area contributed by atoms with Crippen molar-refractivity contribution >= 4 is 11.9 Å². The first-order valence-electron chi connectivity index (χ1n) is 7.03. The minimum Gasteiger partial charge on any atom is -0.481 e. The van der Waals surface area contributed by atoms with Gasteiger partial charge in [0.05, 0.1) is 24.5 Å². The average molecular weight is 271 g/mol. The van der Waals surface area contributed by atoms with E-state index in [2.05, 4.69) is 0 Å². The van der Waals surface area contributed by atoms with Crippen molar-refractivity contribution in [3.8, 4) is 0 Å². The maximum atomic E-state index is 12.3. The zero-order valence-electron chi connectivity index (χ0n) is 12.1. The van der Waals surface area contributed by atoms with E-state index in [1.807, 2.05) is 13.8 Å². The molecule has 1 amide bonds. The van der Waals surface area contributed by atoms with Crippen molar-refractivity contribution in [2.75, 3.05) is 20.2 Å². The molecule has 1 N–H and O–H groups in total.